The predicted octanol–water partition coefficient (Wildman–Crippen LogP) is 2.81. The van der Waals surface area contributed by atoms with Crippen molar-refractivity contribution in [2.45, 2.75) is 40.7 Å². The molecule has 0 spiro atoms. The van der Waals surface area contributed by atoms with Crippen LogP contribution in [0.3, 0.4) is 0 Å². The Morgan fingerprint density at radius 3 is 2.52 bits per heavy atom. The SMILES string of the molecule is Cc1c(C#CCN)cccc1C(=O)N(C)C(C)C(C)(C)C. The lowest BCUT2D eigenvalue weighted by Crippen LogP contribution is -2.43. The van der Waals surface area contributed by atoms with Crippen LogP contribution in [-0.4, -0.2) is 30.4 Å². The van der Waals surface area contributed by atoms with Gasteiger partial charge >= 0.3 is 0 Å². The topological polar surface area (TPSA) is 46.3 Å². The maximum atomic E-state index is 12.7. The van der Waals surface area contributed by atoms with Gasteiger partial charge in [0, 0.05) is 24.2 Å². The third kappa shape index (κ3) is 4.09. The monoisotopic (exact) mass is 286 g/mol. The Kier molecular flexibility index (Phi) is 5.57. The second kappa shape index (κ2) is 6.78. The molecular formula is C18H26N2O. The molecule has 0 saturated heterocycles. The Labute approximate surface area is 128 Å². The van der Waals surface area contributed by atoms with Gasteiger partial charge in [-0.2, -0.15) is 0 Å². The normalized spacial score (nSPS) is 12.3. The first-order chi connectivity index (χ1) is 9.70. The first kappa shape index (κ1) is 17.3. The summed E-state index contributed by atoms with van der Waals surface area (Å²) in [6.07, 6.45) is 0. The number of hydrogen-bond donors (Lipinski definition) is 1. The molecule has 0 aliphatic rings. The van der Waals surface area contributed by atoms with Gasteiger partial charge in [0.05, 0.1) is 6.54 Å². The van der Waals surface area contributed by atoms with E-state index in [-0.39, 0.29) is 17.4 Å². The zero-order chi connectivity index (χ0) is 16.2. The highest BCUT2D eigenvalue weighted by atomic mass is 16.2. The number of carbonyl (C=O) groups is 1. The van der Waals surface area contributed by atoms with Gasteiger partial charge in [0.1, 0.15) is 0 Å². The highest BCUT2D eigenvalue weighted by molar-refractivity contribution is 5.96. The third-order valence-corrected chi connectivity index (χ3v) is 4.04. The molecule has 1 rings (SSSR count). The summed E-state index contributed by atoms with van der Waals surface area (Å²) < 4.78 is 0. The Morgan fingerprint density at radius 2 is 2.00 bits per heavy atom. The van der Waals surface area contributed by atoms with Gasteiger partial charge in [-0.1, -0.05) is 38.7 Å². The van der Waals surface area contributed by atoms with Crippen molar-refractivity contribution in [3.05, 3.63) is 34.9 Å². The molecule has 1 aromatic rings. The van der Waals surface area contributed by atoms with E-state index >= 15 is 0 Å². The molecule has 1 atom stereocenters. The molecule has 0 bridgehead atoms. The molecule has 21 heavy (non-hydrogen) atoms. The van der Waals surface area contributed by atoms with Crippen LogP contribution in [0.2, 0.25) is 0 Å². The summed E-state index contributed by atoms with van der Waals surface area (Å²) >= 11 is 0. The van der Waals surface area contributed by atoms with E-state index in [4.69, 9.17) is 5.73 Å². The van der Waals surface area contributed by atoms with Crippen LogP contribution >= 0.6 is 0 Å². The second-order valence-corrected chi connectivity index (χ2v) is 6.44. The van der Waals surface area contributed by atoms with Gasteiger partial charge in [0.2, 0.25) is 0 Å². The molecule has 0 aromatic heterocycles. The van der Waals surface area contributed by atoms with Crippen LogP contribution in [-0.2, 0) is 0 Å². The summed E-state index contributed by atoms with van der Waals surface area (Å²) in [7, 11) is 1.86. The van der Waals surface area contributed by atoms with Gasteiger partial charge in [-0.25, -0.2) is 0 Å². The van der Waals surface area contributed by atoms with Crippen molar-refractivity contribution in [3.63, 3.8) is 0 Å². The fourth-order valence-electron chi connectivity index (χ4n) is 2.10. The molecule has 0 radical (unpaired) electrons. The fourth-order valence-corrected chi connectivity index (χ4v) is 2.10. The summed E-state index contributed by atoms with van der Waals surface area (Å²) in [6, 6.07) is 5.79. The molecule has 1 unspecified atom stereocenters. The number of benzene rings is 1. The Balaban J connectivity index is 3.14. The number of nitrogens with two attached hydrogens (primary N) is 1. The van der Waals surface area contributed by atoms with Crippen LogP contribution in [0.5, 0.6) is 0 Å². The molecule has 3 nitrogen and oxygen atoms in total. The van der Waals surface area contributed by atoms with Crippen molar-refractivity contribution < 1.29 is 4.79 Å². The summed E-state index contributed by atoms with van der Waals surface area (Å²) in [5, 5.41) is 0. The van der Waals surface area contributed by atoms with E-state index in [0.29, 0.717) is 12.1 Å². The molecule has 2 N–H and O–H groups in total. The molecule has 0 fully saturated rings. The molecule has 0 saturated carbocycles. The average molecular weight is 286 g/mol. The van der Waals surface area contributed by atoms with Crippen molar-refractivity contribution in [1.29, 1.82) is 0 Å². The zero-order valence-electron chi connectivity index (χ0n) is 13.9. The predicted molar refractivity (Wildman–Crippen MR) is 88.1 cm³/mol. The maximum Gasteiger partial charge on any atom is 0.254 e. The summed E-state index contributed by atoms with van der Waals surface area (Å²) in [6.45, 7) is 10.7. The van der Waals surface area contributed by atoms with Crippen LogP contribution in [0.1, 0.15) is 49.2 Å². The lowest BCUT2D eigenvalue weighted by molar-refractivity contribution is 0.0628. The van der Waals surface area contributed by atoms with E-state index in [9.17, 15) is 4.79 Å². The molecule has 0 aliphatic heterocycles. The summed E-state index contributed by atoms with van der Waals surface area (Å²) in [4.78, 5) is 14.5. The van der Waals surface area contributed by atoms with E-state index in [1.54, 1.807) is 0 Å². The third-order valence-electron chi connectivity index (χ3n) is 4.04. The Morgan fingerprint density at radius 1 is 1.38 bits per heavy atom. The highest BCUT2D eigenvalue weighted by Gasteiger charge is 2.28. The van der Waals surface area contributed by atoms with Crippen LogP contribution < -0.4 is 5.73 Å². The van der Waals surface area contributed by atoms with Crippen LogP contribution in [0.25, 0.3) is 0 Å². The van der Waals surface area contributed by atoms with Crippen molar-refractivity contribution >= 4 is 5.91 Å². The summed E-state index contributed by atoms with van der Waals surface area (Å²) in [5.74, 6) is 5.89. The largest absolute Gasteiger partial charge is 0.338 e. The number of amides is 1. The van der Waals surface area contributed by atoms with Crippen LogP contribution in [0.4, 0.5) is 0 Å². The first-order valence-corrected chi connectivity index (χ1v) is 7.25. The second-order valence-electron chi connectivity index (χ2n) is 6.44. The molecule has 114 valence electrons. The number of hydrogen-bond acceptors (Lipinski definition) is 2. The molecule has 1 amide bonds. The van der Waals surface area contributed by atoms with E-state index in [2.05, 4.69) is 39.5 Å². The number of nitrogens with zero attached hydrogens (tertiary/aromatic N) is 1. The number of carbonyl (C=O) groups excluding carboxylic acids is 1. The summed E-state index contributed by atoms with van der Waals surface area (Å²) in [5.41, 5.74) is 7.93. The molecule has 3 heteroatoms. The molecule has 0 heterocycles. The highest BCUT2D eigenvalue weighted by Crippen LogP contribution is 2.25. The zero-order valence-corrected chi connectivity index (χ0v) is 13.9. The van der Waals surface area contributed by atoms with Crippen molar-refractivity contribution in [3.8, 4) is 11.8 Å². The molecular weight excluding hydrogens is 260 g/mol. The number of rotatable bonds is 2. The Hall–Kier alpha value is -1.79. The maximum absolute atomic E-state index is 12.7. The van der Waals surface area contributed by atoms with Gasteiger partial charge in [-0.05, 0) is 37.0 Å². The van der Waals surface area contributed by atoms with Crippen LogP contribution in [0, 0.1) is 24.2 Å². The minimum Gasteiger partial charge on any atom is -0.338 e. The first-order valence-electron chi connectivity index (χ1n) is 7.25. The van der Waals surface area contributed by atoms with Gasteiger partial charge < -0.3 is 10.6 Å². The Bertz CT molecular complexity index is 573. The quantitative estimate of drug-likeness (QED) is 0.850. The van der Waals surface area contributed by atoms with Gasteiger partial charge in [0.25, 0.3) is 5.91 Å². The van der Waals surface area contributed by atoms with Gasteiger partial charge in [-0.3, -0.25) is 4.79 Å². The smallest absolute Gasteiger partial charge is 0.254 e. The van der Waals surface area contributed by atoms with E-state index in [1.807, 2.05) is 37.1 Å². The lowest BCUT2D eigenvalue weighted by Gasteiger charge is -2.35. The lowest BCUT2D eigenvalue weighted by atomic mass is 9.86. The molecule has 0 aliphatic carbocycles. The van der Waals surface area contributed by atoms with Gasteiger partial charge in [-0.15, -0.1) is 0 Å². The minimum atomic E-state index is 0.0336. The average Bonchev–Trinajstić information content (AvgIpc) is 2.43. The van der Waals surface area contributed by atoms with E-state index in [0.717, 1.165) is 11.1 Å². The standard InChI is InChI=1S/C18H26N2O/c1-13-15(10-8-12-19)9-7-11-16(13)17(21)20(6)14(2)18(3,4)5/h7,9,11,14H,12,19H2,1-6H3. The minimum absolute atomic E-state index is 0.0336. The van der Waals surface area contributed by atoms with E-state index in [1.165, 1.54) is 0 Å². The van der Waals surface area contributed by atoms with Gasteiger partial charge in [0.15, 0.2) is 0 Å². The van der Waals surface area contributed by atoms with E-state index < -0.39 is 0 Å². The van der Waals surface area contributed by atoms with Crippen molar-refractivity contribution in [2.24, 2.45) is 11.1 Å². The fraction of sp³-hybridized carbons (Fsp3) is 0.500. The molecule has 1 aromatic carbocycles. The van der Waals surface area contributed by atoms with Crippen molar-refractivity contribution in [2.75, 3.05) is 13.6 Å². The van der Waals surface area contributed by atoms with Crippen LogP contribution in [0.15, 0.2) is 18.2 Å². The van der Waals surface area contributed by atoms with Crippen molar-refractivity contribution in [1.82, 2.24) is 4.90 Å².